The SMILES string of the molecule is O=C(CNC(=O)CC1CC1)NCc1ccc(O)c(O)c1. The molecule has 6 nitrogen and oxygen atoms in total. The molecule has 2 rings (SSSR count). The minimum atomic E-state index is -0.290. The molecule has 1 aromatic carbocycles. The van der Waals surface area contributed by atoms with Crippen LogP contribution in [0.15, 0.2) is 18.2 Å². The summed E-state index contributed by atoms with van der Waals surface area (Å²) in [6, 6.07) is 4.33. The molecule has 0 heterocycles. The van der Waals surface area contributed by atoms with Gasteiger partial charge in [-0.15, -0.1) is 0 Å². The lowest BCUT2D eigenvalue weighted by atomic mass is 10.2. The van der Waals surface area contributed by atoms with E-state index in [0.717, 1.165) is 12.8 Å². The van der Waals surface area contributed by atoms with Crippen molar-refractivity contribution in [3.63, 3.8) is 0 Å². The molecule has 0 aromatic heterocycles. The van der Waals surface area contributed by atoms with E-state index < -0.39 is 0 Å². The van der Waals surface area contributed by atoms with E-state index in [-0.39, 0.29) is 36.4 Å². The zero-order valence-corrected chi connectivity index (χ0v) is 11.1. The average Bonchev–Trinajstić information content (AvgIpc) is 3.21. The number of aromatic hydroxyl groups is 2. The van der Waals surface area contributed by atoms with Gasteiger partial charge in [-0.2, -0.15) is 0 Å². The van der Waals surface area contributed by atoms with Gasteiger partial charge < -0.3 is 20.8 Å². The first-order chi connectivity index (χ1) is 9.54. The van der Waals surface area contributed by atoms with Gasteiger partial charge in [0.25, 0.3) is 0 Å². The van der Waals surface area contributed by atoms with E-state index in [1.807, 2.05) is 0 Å². The Balaban J connectivity index is 1.68. The highest BCUT2D eigenvalue weighted by Gasteiger charge is 2.24. The van der Waals surface area contributed by atoms with E-state index >= 15 is 0 Å². The van der Waals surface area contributed by atoms with E-state index in [0.29, 0.717) is 17.9 Å². The molecule has 4 N–H and O–H groups in total. The molecule has 108 valence electrons. The standard InChI is InChI=1S/C14H18N2O4/c17-11-4-3-10(5-12(11)18)7-15-14(20)8-16-13(19)6-9-1-2-9/h3-5,9,17-18H,1-2,6-8H2,(H,15,20)(H,16,19). The molecule has 1 saturated carbocycles. The molecule has 0 radical (unpaired) electrons. The number of benzene rings is 1. The van der Waals surface area contributed by atoms with Gasteiger partial charge in [0, 0.05) is 13.0 Å². The molecule has 0 aliphatic heterocycles. The maximum atomic E-state index is 11.5. The van der Waals surface area contributed by atoms with E-state index in [9.17, 15) is 14.7 Å². The van der Waals surface area contributed by atoms with Gasteiger partial charge >= 0.3 is 0 Å². The topological polar surface area (TPSA) is 98.7 Å². The Morgan fingerprint density at radius 3 is 2.50 bits per heavy atom. The van der Waals surface area contributed by atoms with Crippen LogP contribution in [0.3, 0.4) is 0 Å². The normalized spacial score (nSPS) is 13.8. The monoisotopic (exact) mass is 278 g/mol. The van der Waals surface area contributed by atoms with Crippen LogP contribution in [-0.2, 0) is 16.1 Å². The van der Waals surface area contributed by atoms with Gasteiger partial charge in [-0.3, -0.25) is 9.59 Å². The molecule has 1 aliphatic carbocycles. The number of hydrogen-bond donors (Lipinski definition) is 4. The van der Waals surface area contributed by atoms with Crippen LogP contribution < -0.4 is 10.6 Å². The largest absolute Gasteiger partial charge is 0.504 e. The Hall–Kier alpha value is -2.24. The number of nitrogens with one attached hydrogen (secondary N) is 2. The third kappa shape index (κ3) is 4.46. The molecule has 1 fully saturated rings. The van der Waals surface area contributed by atoms with Crippen molar-refractivity contribution in [2.45, 2.75) is 25.8 Å². The summed E-state index contributed by atoms with van der Waals surface area (Å²) >= 11 is 0. The number of rotatable bonds is 6. The summed E-state index contributed by atoms with van der Waals surface area (Å²) in [6.07, 6.45) is 2.70. The van der Waals surface area contributed by atoms with Crippen LogP contribution in [0.25, 0.3) is 0 Å². The minimum Gasteiger partial charge on any atom is -0.504 e. The van der Waals surface area contributed by atoms with E-state index in [1.165, 1.54) is 12.1 Å². The van der Waals surface area contributed by atoms with Crippen molar-refractivity contribution in [2.24, 2.45) is 5.92 Å². The van der Waals surface area contributed by atoms with Gasteiger partial charge in [0.15, 0.2) is 11.5 Å². The highest BCUT2D eigenvalue weighted by molar-refractivity contribution is 5.84. The molecular weight excluding hydrogens is 260 g/mol. The number of carbonyl (C=O) groups is 2. The number of hydrogen-bond acceptors (Lipinski definition) is 4. The number of carbonyl (C=O) groups excluding carboxylic acids is 2. The maximum Gasteiger partial charge on any atom is 0.239 e. The minimum absolute atomic E-state index is 0.0460. The van der Waals surface area contributed by atoms with Gasteiger partial charge in [0.1, 0.15) is 0 Å². The molecule has 1 aromatic rings. The van der Waals surface area contributed by atoms with Crippen molar-refractivity contribution >= 4 is 11.8 Å². The summed E-state index contributed by atoms with van der Waals surface area (Å²) in [7, 11) is 0. The van der Waals surface area contributed by atoms with E-state index in [2.05, 4.69) is 10.6 Å². The molecule has 0 saturated heterocycles. The number of amides is 2. The maximum absolute atomic E-state index is 11.5. The Morgan fingerprint density at radius 1 is 1.10 bits per heavy atom. The van der Waals surface area contributed by atoms with Crippen molar-refractivity contribution in [3.8, 4) is 11.5 Å². The lowest BCUT2D eigenvalue weighted by Gasteiger charge is -2.07. The summed E-state index contributed by atoms with van der Waals surface area (Å²) < 4.78 is 0. The fourth-order valence-corrected chi connectivity index (χ4v) is 1.78. The molecule has 0 atom stereocenters. The summed E-state index contributed by atoms with van der Waals surface area (Å²) in [6.45, 7) is 0.181. The van der Waals surface area contributed by atoms with Crippen molar-refractivity contribution in [3.05, 3.63) is 23.8 Å². The van der Waals surface area contributed by atoms with Crippen LogP contribution in [-0.4, -0.2) is 28.6 Å². The Morgan fingerprint density at radius 2 is 1.85 bits per heavy atom. The Kier molecular flexibility index (Phi) is 4.45. The molecule has 0 unspecified atom stereocenters. The van der Waals surface area contributed by atoms with Gasteiger partial charge in [0.2, 0.25) is 11.8 Å². The van der Waals surface area contributed by atoms with Crippen LogP contribution >= 0.6 is 0 Å². The molecular formula is C14H18N2O4. The highest BCUT2D eigenvalue weighted by Crippen LogP contribution is 2.32. The van der Waals surface area contributed by atoms with E-state index in [4.69, 9.17) is 5.11 Å². The first kappa shape index (κ1) is 14.2. The number of phenolic OH excluding ortho intramolecular Hbond substituents is 2. The zero-order chi connectivity index (χ0) is 14.5. The lowest BCUT2D eigenvalue weighted by Crippen LogP contribution is -2.36. The van der Waals surface area contributed by atoms with Gasteiger partial charge in [-0.1, -0.05) is 6.07 Å². The molecule has 20 heavy (non-hydrogen) atoms. The van der Waals surface area contributed by atoms with Gasteiger partial charge in [-0.05, 0) is 36.5 Å². The average molecular weight is 278 g/mol. The fraction of sp³-hybridized carbons (Fsp3) is 0.429. The van der Waals surface area contributed by atoms with Crippen LogP contribution in [0.5, 0.6) is 11.5 Å². The predicted molar refractivity (Wildman–Crippen MR) is 72.0 cm³/mol. The molecule has 0 spiro atoms. The van der Waals surface area contributed by atoms with E-state index in [1.54, 1.807) is 6.07 Å². The first-order valence-electron chi connectivity index (χ1n) is 6.59. The second kappa shape index (κ2) is 6.27. The summed E-state index contributed by atoms with van der Waals surface area (Å²) in [5, 5.41) is 23.7. The summed E-state index contributed by atoms with van der Waals surface area (Å²) in [5.74, 6) is -0.313. The zero-order valence-electron chi connectivity index (χ0n) is 11.1. The quantitative estimate of drug-likeness (QED) is 0.574. The number of phenols is 2. The van der Waals surface area contributed by atoms with Crippen molar-refractivity contribution in [1.29, 1.82) is 0 Å². The fourth-order valence-electron chi connectivity index (χ4n) is 1.78. The lowest BCUT2D eigenvalue weighted by molar-refractivity contribution is -0.126. The van der Waals surface area contributed by atoms with Crippen molar-refractivity contribution in [2.75, 3.05) is 6.54 Å². The van der Waals surface area contributed by atoms with Gasteiger partial charge in [0.05, 0.1) is 6.54 Å². The van der Waals surface area contributed by atoms with Crippen LogP contribution in [0, 0.1) is 5.92 Å². The Labute approximate surface area is 116 Å². The Bertz CT molecular complexity index is 512. The smallest absolute Gasteiger partial charge is 0.239 e. The molecule has 6 heteroatoms. The molecule has 0 bridgehead atoms. The van der Waals surface area contributed by atoms with Crippen molar-refractivity contribution < 1.29 is 19.8 Å². The summed E-state index contributed by atoms with van der Waals surface area (Å²) in [4.78, 5) is 22.9. The molecule has 1 aliphatic rings. The third-order valence-corrected chi connectivity index (χ3v) is 3.15. The summed E-state index contributed by atoms with van der Waals surface area (Å²) in [5.41, 5.74) is 0.665. The van der Waals surface area contributed by atoms with Crippen molar-refractivity contribution in [1.82, 2.24) is 10.6 Å². The van der Waals surface area contributed by atoms with Gasteiger partial charge in [-0.25, -0.2) is 0 Å². The van der Waals surface area contributed by atoms with Crippen LogP contribution in [0.1, 0.15) is 24.8 Å². The van der Waals surface area contributed by atoms with Crippen LogP contribution in [0.4, 0.5) is 0 Å². The van der Waals surface area contributed by atoms with Crippen LogP contribution in [0.2, 0.25) is 0 Å². The second-order valence-corrected chi connectivity index (χ2v) is 5.02. The molecule has 2 amide bonds. The first-order valence-corrected chi connectivity index (χ1v) is 6.59. The third-order valence-electron chi connectivity index (χ3n) is 3.15. The predicted octanol–water partition coefficient (Wildman–Crippen LogP) is 0.630. The second-order valence-electron chi connectivity index (χ2n) is 5.02. The highest BCUT2D eigenvalue weighted by atomic mass is 16.3.